The third-order valence-corrected chi connectivity index (χ3v) is 8.30. The maximum atomic E-state index is 6.15. The van der Waals surface area contributed by atoms with E-state index in [0.717, 1.165) is 24.0 Å². The molecule has 2 unspecified atom stereocenters. The van der Waals surface area contributed by atoms with Crippen LogP contribution in [0.3, 0.4) is 0 Å². The molecule has 1 aliphatic rings. The van der Waals surface area contributed by atoms with E-state index in [1.807, 2.05) is 6.92 Å². The van der Waals surface area contributed by atoms with E-state index in [1.165, 1.54) is 49.4 Å². The summed E-state index contributed by atoms with van der Waals surface area (Å²) in [4.78, 5) is 0. The van der Waals surface area contributed by atoms with Crippen LogP contribution in [0.1, 0.15) is 44.7 Å². The molecule has 4 aromatic carbocycles. The molecule has 1 aliphatic carbocycles. The minimum Gasteiger partial charge on any atom is -0.404 e. The second-order valence-electron chi connectivity index (χ2n) is 10.6. The predicted octanol–water partition coefficient (Wildman–Crippen LogP) is 9.43. The standard InChI is InChI=1S/C38H40N2/c1-4-6-11-31(24-39)27-16-20-29(21-17-27)37-32-12-7-9-14-34(32)38(35-15-10-8-13-33(35)37)30-22-18-28(19-23-30)36(25-40)26(3)5-2/h5-16,18-23,25,27,31H,4,17,24,39-40H2,1-3H3/b11-6-,26-5-,36-25+. The van der Waals surface area contributed by atoms with Crippen LogP contribution in [0.5, 0.6) is 0 Å². The Morgan fingerprint density at radius 1 is 0.900 bits per heavy atom. The Kier molecular flexibility index (Phi) is 8.48. The quantitative estimate of drug-likeness (QED) is 0.137. The minimum atomic E-state index is 0.374. The zero-order valence-electron chi connectivity index (χ0n) is 23.9. The van der Waals surface area contributed by atoms with Gasteiger partial charge in [0.05, 0.1) is 0 Å². The Hall–Kier alpha value is -4.14. The fourth-order valence-corrected chi connectivity index (χ4v) is 6.02. The molecule has 5 rings (SSSR count). The number of hydrogen-bond donors (Lipinski definition) is 2. The van der Waals surface area contributed by atoms with Gasteiger partial charge < -0.3 is 11.5 Å². The molecule has 0 spiro atoms. The normalized spacial score (nSPS) is 17.1. The van der Waals surface area contributed by atoms with Gasteiger partial charge in [-0.1, -0.05) is 116 Å². The van der Waals surface area contributed by atoms with Crippen LogP contribution in [0.25, 0.3) is 43.8 Å². The lowest BCUT2D eigenvalue weighted by Gasteiger charge is -2.24. The van der Waals surface area contributed by atoms with E-state index in [-0.39, 0.29) is 0 Å². The van der Waals surface area contributed by atoms with E-state index in [1.54, 1.807) is 6.20 Å². The van der Waals surface area contributed by atoms with Gasteiger partial charge in [0.2, 0.25) is 0 Å². The lowest BCUT2D eigenvalue weighted by molar-refractivity contribution is 0.485. The van der Waals surface area contributed by atoms with E-state index in [0.29, 0.717) is 18.4 Å². The Morgan fingerprint density at radius 2 is 1.50 bits per heavy atom. The summed E-state index contributed by atoms with van der Waals surface area (Å²) in [6.07, 6.45) is 17.5. The molecular weight excluding hydrogens is 484 g/mol. The monoisotopic (exact) mass is 524 g/mol. The van der Waals surface area contributed by atoms with Crippen LogP contribution < -0.4 is 11.5 Å². The van der Waals surface area contributed by atoms with Crippen molar-refractivity contribution in [3.8, 4) is 11.1 Å². The van der Waals surface area contributed by atoms with Crippen LogP contribution in [0.15, 0.2) is 121 Å². The van der Waals surface area contributed by atoms with Crippen molar-refractivity contribution in [3.05, 3.63) is 132 Å². The van der Waals surface area contributed by atoms with Crippen LogP contribution in [0.4, 0.5) is 0 Å². The Bertz CT molecular complexity index is 1600. The molecule has 2 nitrogen and oxygen atoms in total. The van der Waals surface area contributed by atoms with Gasteiger partial charge in [0.25, 0.3) is 0 Å². The number of fused-ring (bicyclic) bond motifs is 2. The van der Waals surface area contributed by atoms with Crippen molar-refractivity contribution < 1.29 is 0 Å². The highest BCUT2D eigenvalue weighted by atomic mass is 14.5. The zero-order valence-corrected chi connectivity index (χ0v) is 23.9. The molecule has 2 heteroatoms. The zero-order chi connectivity index (χ0) is 28.1. The van der Waals surface area contributed by atoms with Crippen molar-refractivity contribution in [2.75, 3.05) is 6.54 Å². The molecule has 2 atom stereocenters. The first kappa shape index (κ1) is 27.4. The minimum absolute atomic E-state index is 0.374. The maximum absolute atomic E-state index is 6.15. The molecule has 4 aromatic rings. The summed E-state index contributed by atoms with van der Waals surface area (Å²) >= 11 is 0. The Labute approximate surface area is 239 Å². The van der Waals surface area contributed by atoms with Crippen molar-refractivity contribution in [2.24, 2.45) is 23.3 Å². The number of benzene rings is 4. The largest absolute Gasteiger partial charge is 0.404 e. The van der Waals surface area contributed by atoms with Gasteiger partial charge in [0.1, 0.15) is 0 Å². The number of hydrogen-bond acceptors (Lipinski definition) is 2. The average Bonchev–Trinajstić information content (AvgIpc) is 3.01. The van der Waals surface area contributed by atoms with Crippen LogP contribution >= 0.6 is 0 Å². The average molecular weight is 525 g/mol. The molecule has 0 bridgehead atoms. The van der Waals surface area contributed by atoms with Gasteiger partial charge in [0.15, 0.2) is 0 Å². The summed E-state index contributed by atoms with van der Waals surface area (Å²) in [6.45, 7) is 6.99. The molecule has 0 heterocycles. The molecule has 40 heavy (non-hydrogen) atoms. The van der Waals surface area contributed by atoms with E-state index in [2.05, 4.69) is 123 Å². The number of allylic oxidation sites excluding steroid dienone is 8. The van der Waals surface area contributed by atoms with Gasteiger partial charge in [-0.25, -0.2) is 0 Å². The highest BCUT2D eigenvalue weighted by molar-refractivity contribution is 6.19. The summed E-state index contributed by atoms with van der Waals surface area (Å²) in [6, 6.07) is 26.5. The second-order valence-corrected chi connectivity index (χ2v) is 10.6. The van der Waals surface area contributed by atoms with E-state index >= 15 is 0 Å². The van der Waals surface area contributed by atoms with E-state index in [4.69, 9.17) is 11.5 Å². The van der Waals surface area contributed by atoms with Crippen molar-refractivity contribution in [1.29, 1.82) is 0 Å². The summed E-state index contributed by atoms with van der Waals surface area (Å²) in [5, 5.41) is 5.10. The molecule has 4 N–H and O–H groups in total. The summed E-state index contributed by atoms with van der Waals surface area (Å²) in [5.41, 5.74) is 20.6. The van der Waals surface area contributed by atoms with E-state index < -0.39 is 0 Å². The Morgan fingerprint density at radius 3 is 1.98 bits per heavy atom. The molecule has 202 valence electrons. The smallest absolute Gasteiger partial charge is 0.00201 e. The second kappa shape index (κ2) is 12.4. The first-order valence-electron chi connectivity index (χ1n) is 14.5. The van der Waals surface area contributed by atoms with Gasteiger partial charge >= 0.3 is 0 Å². The molecule has 0 saturated carbocycles. The van der Waals surface area contributed by atoms with Crippen molar-refractivity contribution in [2.45, 2.75) is 33.6 Å². The first-order valence-corrected chi connectivity index (χ1v) is 14.5. The highest BCUT2D eigenvalue weighted by Crippen LogP contribution is 2.43. The lowest BCUT2D eigenvalue weighted by atomic mass is 9.80. The molecule has 0 aromatic heterocycles. The summed E-state index contributed by atoms with van der Waals surface area (Å²) < 4.78 is 0. The van der Waals surface area contributed by atoms with Crippen molar-refractivity contribution in [3.63, 3.8) is 0 Å². The Balaban J connectivity index is 1.64. The topological polar surface area (TPSA) is 52.0 Å². The molecule has 0 saturated heterocycles. The molecule has 0 amide bonds. The van der Waals surface area contributed by atoms with Crippen LogP contribution in [0, 0.1) is 11.8 Å². The van der Waals surface area contributed by atoms with Gasteiger partial charge in [-0.05, 0) is 106 Å². The fraction of sp³-hybridized carbons (Fsp3) is 0.211. The van der Waals surface area contributed by atoms with Gasteiger partial charge in [-0.3, -0.25) is 0 Å². The van der Waals surface area contributed by atoms with Crippen LogP contribution in [-0.2, 0) is 0 Å². The number of rotatable bonds is 8. The summed E-state index contributed by atoms with van der Waals surface area (Å²) in [7, 11) is 0. The van der Waals surface area contributed by atoms with Crippen LogP contribution in [0.2, 0.25) is 0 Å². The van der Waals surface area contributed by atoms with E-state index in [9.17, 15) is 0 Å². The van der Waals surface area contributed by atoms with Gasteiger partial charge in [0, 0.05) is 6.20 Å². The number of nitrogens with two attached hydrogens (primary N) is 2. The molecule has 0 aliphatic heterocycles. The molecular formula is C38H40N2. The SMILES string of the molecule is C/C=C(C)\C(=C/N)c1ccc(-c2c3ccccc3c(C3=CCC(C(/C=C\CC)CN)C=C3)c3ccccc23)cc1. The lowest BCUT2D eigenvalue weighted by Crippen LogP contribution is -2.21. The van der Waals surface area contributed by atoms with Crippen LogP contribution in [-0.4, -0.2) is 6.54 Å². The highest BCUT2D eigenvalue weighted by Gasteiger charge is 2.21. The van der Waals surface area contributed by atoms with Gasteiger partial charge in [-0.2, -0.15) is 0 Å². The first-order chi connectivity index (χ1) is 19.6. The fourth-order valence-electron chi connectivity index (χ4n) is 6.02. The molecule has 0 fully saturated rings. The maximum Gasteiger partial charge on any atom is 0.00201 e. The molecule has 0 radical (unpaired) electrons. The van der Waals surface area contributed by atoms with Crippen molar-refractivity contribution in [1.82, 2.24) is 0 Å². The predicted molar refractivity (Wildman–Crippen MR) is 176 cm³/mol. The third kappa shape index (κ3) is 5.20. The van der Waals surface area contributed by atoms with Gasteiger partial charge in [-0.15, -0.1) is 0 Å². The summed E-state index contributed by atoms with van der Waals surface area (Å²) in [5.74, 6) is 0.810. The van der Waals surface area contributed by atoms with Crippen molar-refractivity contribution >= 4 is 32.7 Å². The third-order valence-electron chi connectivity index (χ3n) is 8.30.